The summed E-state index contributed by atoms with van der Waals surface area (Å²) in [5, 5.41) is 0. The van der Waals surface area contributed by atoms with Gasteiger partial charge in [0.1, 0.15) is 0 Å². The van der Waals surface area contributed by atoms with Crippen LogP contribution in [-0.2, 0) is 0 Å². The van der Waals surface area contributed by atoms with E-state index in [2.05, 4.69) is 8.93 Å². The van der Waals surface area contributed by atoms with E-state index in [1.54, 1.807) is 0 Å². The molecule has 0 fully saturated rings. The second-order valence-electron chi connectivity index (χ2n) is 0.964. The van der Waals surface area contributed by atoms with Gasteiger partial charge < -0.3 is 0 Å². The lowest BCUT2D eigenvalue weighted by atomic mass is 27.5. The quantitative estimate of drug-likeness (QED) is 0.283. The van der Waals surface area contributed by atoms with Crippen molar-refractivity contribution in [3.63, 3.8) is 0 Å². The molecular weight excluding hydrogens is 118 g/mol. The van der Waals surface area contributed by atoms with E-state index in [1.165, 1.54) is 19.8 Å². The molecule has 4 heavy (non-hydrogen) atoms. The SMILES string of the molecule is [SiH3]P([SiH3])P. The number of hydrogen-bond donors (Lipinski definition) is 0. The van der Waals surface area contributed by atoms with Crippen molar-refractivity contribution in [2.75, 3.05) is 0 Å². The highest BCUT2D eigenvalue weighted by atomic mass is 32.2. The molecule has 0 N–H and O–H groups in total. The van der Waals surface area contributed by atoms with Crippen molar-refractivity contribution < 1.29 is 0 Å². The van der Waals surface area contributed by atoms with E-state index in [0.717, 1.165) is 0 Å². The maximum absolute atomic E-state index is 2.85. The molecular formula is H8P2Si2. The molecule has 0 amide bonds. The van der Waals surface area contributed by atoms with E-state index in [-0.39, 0.29) is 0 Å². The van der Waals surface area contributed by atoms with E-state index in [9.17, 15) is 0 Å². The fourth-order valence-electron chi connectivity index (χ4n) is 0. The molecule has 1 unspecified atom stereocenters. The van der Waals surface area contributed by atoms with E-state index in [0.29, 0.717) is 6.71 Å². The zero-order chi connectivity index (χ0) is 3.58. The van der Waals surface area contributed by atoms with Gasteiger partial charge in [-0.3, -0.25) is 0 Å². The van der Waals surface area contributed by atoms with Gasteiger partial charge in [-0.15, -0.1) is 15.6 Å². The van der Waals surface area contributed by atoms with Crippen molar-refractivity contribution in [1.82, 2.24) is 0 Å². The van der Waals surface area contributed by atoms with Gasteiger partial charge in [0.15, 0.2) is 0 Å². The lowest BCUT2D eigenvalue weighted by Gasteiger charge is -1.81. The number of rotatable bonds is 0. The molecule has 0 rings (SSSR count). The zero-order valence-corrected chi connectivity index (χ0v) is 9.07. The smallest absolute Gasteiger partial charge is 0.0318 e. The van der Waals surface area contributed by atoms with Crippen LogP contribution < -0.4 is 0 Å². The van der Waals surface area contributed by atoms with Crippen molar-refractivity contribution >= 4 is 35.5 Å². The summed E-state index contributed by atoms with van der Waals surface area (Å²) in [6, 6.07) is 0. The minimum absolute atomic E-state index is 0.574. The van der Waals surface area contributed by atoms with E-state index in [4.69, 9.17) is 0 Å². The Morgan fingerprint density at radius 3 is 1.50 bits per heavy atom. The van der Waals surface area contributed by atoms with Crippen molar-refractivity contribution in [3.8, 4) is 0 Å². The van der Waals surface area contributed by atoms with E-state index >= 15 is 0 Å². The molecule has 0 bridgehead atoms. The minimum atomic E-state index is 0.574. The zero-order valence-electron chi connectivity index (χ0n) is 3.02. The fourth-order valence-corrected chi connectivity index (χ4v) is 0. The third kappa shape index (κ3) is 10.4. The monoisotopic (exact) mass is 126 g/mol. The summed E-state index contributed by atoms with van der Waals surface area (Å²) in [5.74, 6) is 0. The van der Waals surface area contributed by atoms with Crippen LogP contribution in [0.1, 0.15) is 0 Å². The predicted molar refractivity (Wildman–Crippen MR) is 36.5 cm³/mol. The van der Waals surface area contributed by atoms with Crippen molar-refractivity contribution in [2.45, 2.75) is 0 Å². The molecule has 0 aliphatic carbocycles. The molecule has 4 heteroatoms. The largest absolute Gasteiger partial charge is 0.132 e. The Hall–Kier alpha value is 1.29. The molecule has 0 aliphatic heterocycles. The predicted octanol–water partition coefficient (Wildman–Crippen LogP) is -1.18. The van der Waals surface area contributed by atoms with Crippen LogP contribution >= 0.6 is 15.6 Å². The average Bonchev–Trinajstić information content (AvgIpc) is 0.811. The average molecular weight is 126 g/mol. The minimum Gasteiger partial charge on any atom is -0.132 e. The normalized spacial score (nSPS) is 17.2. The van der Waals surface area contributed by atoms with Crippen LogP contribution in [0.15, 0.2) is 0 Å². The number of hydrogen-bond acceptors (Lipinski definition) is 0. The summed E-state index contributed by atoms with van der Waals surface area (Å²) in [6.07, 6.45) is 0. The molecule has 0 spiro atoms. The van der Waals surface area contributed by atoms with Gasteiger partial charge in [-0.2, -0.15) is 0 Å². The summed E-state index contributed by atoms with van der Waals surface area (Å²) in [6.45, 7) is 0.574. The maximum atomic E-state index is 2.85. The lowest BCUT2D eigenvalue weighted by Crippen LogP contribution is -1.45. The first-order valence-corrected chi connectivity index (χ1v) is 10.4. The first kappa shape index (κ1) is 5.29. The highest BCUT2D eigenvalue weighted by molar-refractivity contribution is 8.37. The van der Waals surface area contributed by atoms with Crippen molar-refractivity contribution in [3.05, 3.63) is 0 Å². The first-order valence-electron chi connectivity index (χ1n) is 1.15. The van der Waals surface area contributed by atoms with Crippen LogP contribution in [0.5, 0.6) is 0 Å². The Bertz CT molecular complexity index is 8.75. The Morgan fingerprint density at radius 1 is 1.50 bits per heavy atom. The first-order chi connectivity index (χ1) is 1.73. The van der Waals surface area contributed by atoms with Gasteiger partial charge in [0.2, 0.25) is 0 Å². The van der Waals surface area contributed by atoms with Crippen LogP contribution in [0, 0.1) is 0 Å². The Balaban J connectivity index is 2.32. The molecule has 0 radical (unpaired) electrons. The van der Waals surface area contributed by atoms with Gasteiger partial charge in [0.25, 0.3) is 0 Å². The van der Waals surface area contributed by atoms with Crippen LogP contribution in [0.3, 0.4) is 0 Å². The summed E-state index contributed by atoms with van der Waals surface area (Å²) >= 11 is 0. The van der Waals surface area contributed by atoms with Crippen LogP contribution in [0.2, 0.25) is 0 Å². The van der Waals surface area contributed by atoms with Crippen LogP contribution in [0.4, 0.5) is 0 Å². The molecule has 0 nitrogen and oxygen atoms in total. The van der Waals surface area contributed by atoms with E-state index < -0.39 is 0 Å². The molecule has 0 saturated carbocycles. The third-order valence-electron chi connectivity index (χ3n) is 0. The highest BCUT2D eigenvalue weighted by Gasteiger charge is 1.66. The second-order valence-corrected chi connectivity index (χ2v) is 26.0. The molecule has 1 atom stereocenters. The van der Waals surface area contributed by atoms with E-state index in [1.807, 2.05) is 0 Å². The Morgan fingerprint density at radius 2 is 1.50 bits per heavy atom. The topological polar surface area (TPSA) is 0 Å². The highest BCUT2D eigenvalue weighted by Crippen LogP contribution is 2.30. The molecule has 26 valence electrons. The van der Waals surface area contributed by atoms with Crippen molar-refractivity contribution in [2.24, 2.45) is 0 Å². The molecule has 0 aliphatic rings. The second kappa shape index (κ2) is 2.53. The van der Waals surface area contributed by atoms with Gasteiger partial charge in [-0.05, 0) is 0 Å². The Kier molecular flexibility index (Phi) is 3.34. The summed E-state index contributed by atoms with van der Waals surface area (Å²) in [4.78, 5) is 0. The Labute approximate surface area is 36.1 Å². The fraction of sp³-hybridized carbons (Fsp3) is 0. The maximum Gasteiger partial charge on any atom is 0.0318 e. The standard InChI is InChI=1S/H8P2Si2/c1-2(3)4/h1H2,3-4H3. The van der Waals surface area contributed by atoms with Gasteiger partial charge in [0.05, 0.1) is 0 Å². The van der Waals surface area contributed by atoms with Gasteiger partial charge in [-0.25, -0.2) is 0 Å². The molecule has 0 aromatic heterocycles. The molecule has 0 aromatic rings. The van der Waals surface area contributed by atoms with Crippen molar-refractivity contribution in [1.29, 1.82) is 0 Å². The van der Waals surface area contributed by atoms with Crippen LogP contribution in [0.25, 0.3) is 0 Å². The molecule has 0 saturated heterocycles. The summed E-state index contributed by atoms with van der Waals surface area (Å²) in [5.41, 5.74) is 0. The molecule has 0 aromatic carbocycles. The summed E-state index contributed by atoms with van der Waals surface area (Å²) in [7, 11) is 5.72. The summed E-state index contributed by atoms with van der Waals surface area (Å²) < 4.78 is 0. The van der Waals surface area contributed by atoms with Crippen LogP contribution in [-0.4, -0.2) is 19.8 Å². The molecule has 0 heterocycles. The lowest BCUT2D eigenvalue weighted by molar-refractivity contribution is 4.66. The van der Waals surface area contributed by atoms with Gasteiger partial charge >= 0.3 is 0 Å². The van der Waals surface area contributed by atoms with Gasteiger partial charge in [0, 0.05) is 19.8 Å². The van der Waals surface area contributed by atoms with Gasteiger partial charge in [-0.1, -0.05) is 0 Å². The third-order valence-corrected chi connectivity index (χ3v) is 0.